The van der Waals surface area contributed by atoms with Crippen LogP contribution in [-0.4, -0.2) is 17.4 Å². The van der Waals surface area contributed by atoms with Gasteiger partial charge in [0.2, 0.25) is 0 Å². The third-order valence-electron chi connectivity index (χ3n) is 2.66. The second-order valence-corrected chi connectivity index (χ2v) is 3.67. The van der Waals surface area contributed by atoms with Crippen molar-refractivity contribution in [2.75, 3.05) is 0 Å². The van der Waals surface area contributed by atoms with E-state index in [-0.39, 0.29) is 12.2 Å². The molecule has 0 aromatic carbocycles. The van der Waals surface area contributed by atoms with Crippen LogP contribution >= 0.6 is 12.2 Å². The standard InChI is InChI=1S/C9H8O2S/c12-9-10-7-5-1-2-6(4-3-5)8(7)11-9/h1-8H. The van der Waals surface area contributed by atoms with E-state index in [1.54, 1.807) is 0 Å². The second kappa shape index (κ2) is 2.10. The molecule has 0 spiro atoms. The van der Waals surface area contributed by atoms with Crippen LogP contribution in [0.2, 0.25) is 0 Å². The zero-order valence-electron chi connectivity index (χ0n) is 6.34. The molecule has 3 aliphatic carbocycles. The lowest BCUT2D eigenvalue weighted by atomic mass is 9.78. The van der Waals surface area contributed by atoms with Crippen molar-refractivity contribution in [3.05, 3.63) is 24.3 Å². The quantitative estimate of drug-likeness (QED) is 0.415. The van der Waals surface area contributed by atoms with Crippen LogP contribution in [0.4, 0.5) is 0 Å². The van der Waals surface area contributed by atoms with Crippen molar-refractivity contribution in [1.82, 2.24) is 0 Å². The lowest BCUT2D eigenvalue weighted by Crippen LogP contribution is -2.40. The van der Waals surface area contributed by atoms with Crippen molar-refractivity contribution in [3.8, 4) is 0 Å². The molecule has 2 nitrogen and oxygen atoms in total. The van der Waals surface area contributed by atoms with Crippen LogP contribution in [0.1, 0.15) is 0 Å². The molecule has 4 aliphatic rings. The van der Waals surface area contributed by atoms with Gasteiger partial charge in [0, 0.05) is 24.1 Å². The molecule has 0 radical (unpaired) electrons. The van der Waals surface area contributed by atoms with Gasteiger partial charge in [0.15, 0.2) is 12.2 Å². The van der Waals surface area contributed by atoms with Gasteiger partial charge >= 0.3 is 5.24 Å². The van der Waals surface area contributed by atoms with Crippen LogP contribution in [-0.2, 0) is 9.47 Å². The molecule has 0 aromatic heterocycles. The highest BCUT2D eigenvalue weighted by atomic mass is 32.1. The third kappa shape index (κ3) is 0.719. The normalized spacial score (nSPS) is 47.2. The van der Waals surface area contributed by atoms with Gasteiger partial charge in [0.1, 0.15) is 0 Å². The minimum atomic E-state index is 0.137. The summed E-state index contributed by atoms with van der Waals surface area (Å²) in [5, 5.41) is 0.312. The fourth-order valence-corrected chi connectivity index (χ4v) is 2.28. The average Bonchev–Trinajstić information content (AvgIpc) is 2.49. The maximum absolute atomic E-state index is 5.41. The highest BCUT2D eigenvalue weighted by Crippen LogP contribution is 2.38. The molecule has 1 heterocycles. The molecule has 2 atom stereocenters. The summed E-state index contributed by atoms with van der Waals surface area (Å²) in [6.07, 6.45) is 8.95. The van der Waals surface area contributed by atoms with Crippen molar-refractivity contribution in [3.63, 3.8) is 0 Å². The first-order valence-corrected chi connectivity index (χ1v) is 4.49. The van der Waals surface area contributed by atoms with Crippen molar-refractivity contribution in [2.24, 2.45) is 11.8 Å². The Bertz CT molecular complexity index is 255. The summed E-state index contributed by atoms with van der Waals surface area (Å²) in [6, 6.07) is 0. The summed E-state index contributed by atoms with van der Waals surface area (Å²) in [5.41, 5.74) is 0. The molecule has 4 rings (SSSR count). The minimum Gasteiger partial charge on any atom is -0.449 e. The van der Waals surface area contributed by atoms with Crippen LogP contribution in [0.5, 0.6) is 0 Å². The lowest BCUT2D eigenvalue weighted by molar-refractivity contribution is 0.0964. The summed E-state index contributed by atoms with van der Waals surface area (Å²) >= 11 is 4.87. The Balaban J connectivity index is 2.01. The molecule has 0 N–H and O–H groups in total. The van der Waals surface area contributed by atoms with Crippen LogP contribution < -0.4 is 0 Å². The average molecular weight is 180 g/mol. The topological polar surface area (TPSA) is 18.5 Å². The highest BCUT2D eigenvalue weighted by Gasteiger charge is 2.46. The zero-order valence-corrected chi connectivity index (χ0v) is 7.16. The second-order valence-electron chi connectivity index (χ2n) is 3.34. The van der Waals surface area contributed by atoms with Gasteiger partial charge in [-0.2, -0.15) is 0 Å². The number of rotatable bonds is 0. The van der Waals surface area contributed by atoms with E-state index in [1.807, 2.05) is 0 Å². The Labute approximate surface area is 75.8 Å². The SMILES string of the molecule is S=C1OC2C3C=CC(C=C3)C2O1. The Morgan fingerprint density at radius 1 is 0.917 bits per heavy atom. The van der Waals surface area contributed by atoms with Crippen molar-refractivity contribution in [2.45, 2.75) is 12.2 Å². The van der Waals surface area contributed by atoms with Gasteiger partial charge < -0.3 is 9.47 Å². The summed E-state index contributed by atoms with van der Waals surface area (Å²) in [7, 11) is 0. The van der Waals surface area contributed by atoms with Gasteiger partial charge in [-0.05, 0) is 0 Å². The van der Waals surface area contributed by atoms with E-state index in [1.165, 1.54) is 0 Å². The highest BCUT2D eigenvalue weighted by molar-refractivity contribution is 7.79. The Hall–Kier alpha value is -0.830. The van der Waals surface area contributed by atoms with Gasteiger partial charge in [-0.25, -0.2) is 0 Å². The predicted molar refractivity (Wildman–Crippen MR) is 47.6 cm³/mol. The minimum absolute atomic E-state index is 0.137. The number of hydrogen-bond donors (Lipinski definition) is 0. The van der Waals surface area contributed by atoms with Crippen molar-refractivity contribution < 1.29 is 9.47 Å². The molecule has 2 bridgehead atoms. The van der Waals surface area contributed by atoms with Gasteiger partial charge in [0.25, 0.3) is 0 Å². The molecule has 0 aromatic rings. The number of thiocarbonyl (C=S) groups is 1. The first-order valence-electron chi connectivity index (χ1n) is 4.08. The maximum atomic E-state index is 5.41. The van der Waals surface area contributed by atoms with Crippen molar-refractivity contribution >= 4 is 17.5 Å². The predicted octanol–water partition coefficient (Wildman–Crippen LogP) is 1.43. The van der Waals surface area contributed by atoms with E-state index in [4.69, 9.17) is 21.7 Å². The zero-order chi connectivity index (χ0) is 8.13. The van der Waals surface area contributed by atoms with Crippen LogP contribution in [0, 0.1) is 11.8 Å². The van der Waals surface area contributed by atoms with E-state index < -0.39 is 0 Å². The smallest absolute Gasteiger partial charge is 0.353 e. The summed E-state index contributed by atoms with van der Waals surface area (Å²) < 4.78 is 10.8. The van der Waals surface area contributed by atoms with Crippen LogP contribution in [0.25, 0.3) is 0 Å². The summed E-state index contributed by atoms with van der Waals surface area (Å²) in [5.74, 6) is 0.723. The Morgan fingerprint density at radius 2 is 1.33 bits per heavy atom. The van der Waals surface area contributed by atoms with Gasteiger partial charge in [-0.1, -0.05) is 24.3 Å². The molecule has 62 valence electrons. The molecule has 3 heteroatoms. The van der Waals surface area contributed by atoms with Gasteiger partial charge in [-0.15, -0.1) is 0 Å². The molecule has 1 saturated heterocycles. The number of hydrogen-bond acceptors (Lipinski definition) is 3. The van der Waals surface area contributed by atoms with Crippen LogP contribution in [0.3, 0.4) is 0 Å². The molecule has 2 unspecified atom stereocenters. The van der Waals surface area contributed by atoms with Gasteiger partial charge in [-0.3, -0.25) is 0 Å². The largest absolute Gasteiger partial charge is 0.449 e. The maximum Gasteiger partial charge on any atom is 0.353 e. The van der Waals surface area contributed by atoms with E-state index in [9.17, 15) is 0 Å². The van der Waals surface area contributed by atoms with E-state index in [2.05, 4.69) is 24.3 Å². The van der Waals surface area contributed by atoms with Crippen molar-refractivity contribution in [1.29, 1.82) is 0 Å². The molecular weight excluding hydrogens is 172 g/mol. The first-order chi connectivity index (χ1) is 5.84. The van der Waals surface area contributed by atoms with Gasteiger partial charge in [0.05, 0.1) is 0 Å². The third-order valence-corrected chi connectivity index (χ3v) is 2.85. The molecule has 0 saturated carbocycles. The Morgan fingerprint density at radius 3 is 1.75 bits per heavy atom. The fraction of sp³-hybridized carbons (Fsp3) is 0.444. The monoisotopic (exact) mass is 180 g/mol. The lowest BCUT2D eigenvalue weighted by Gasteiger charge is -2.32. The first kappa shape index (κ1) is 6.66. The fourth-order valence-electron chi connectivity index (χ4n) is 2.06. The molecule has 1 aliphatic heterocycles. The summed E-state index contributed by atoms with van der Waals surface area (Å²) in [6.45, 7) is 0. The van der Waals surface area contributed by atoms with E-state index in [0.29, 0.717) is 17.1 Å². The summed E-state index contributed by atoms with van der Waals surface area (Å²) in [4.78, 5) is 0. The molecule has 12 heavy (non-hydrogen) atoms. The van der Waals surface area contributed by atoms with E-state index >= 15 is 0 Å². The molecule has 0 amide bonds. The Kier molecular flexibility index (Phi) is 1.17. The molecule has 1 fully saturated rings. The van der Waals surface area contributed by atoms with Crippen LogP contribution in [0.15, 0.2) is 24.3 Å². The molecular formula is C9H8O2S. The number of ether oxygens (including phenoxy) is 2. The van der Waals surface area contributed by atoms with E-state index in [0.717, 1.165) is 0 Å².